The Morgan fingerprint density at radius 3 is 2.70 bits per heavy atom. The number of hydrogen-bond acceptors (Lipinski definition) is 3. The fraction of sp³-hybridized carbons (Fsp3) is 0.857. The van der Waals surface area contributed by atoms with Gasteiger partial charge in [-0.1, -0.05) is 13.8 Å². The summed E-state index contributed by atoms with van der Waals surface area (Å²) in [7, 11) is 0. The van der Waals surface area contributed by atoms with E-state index in [1.807, 2.05) is 20.8 Å². The van der Waals surface area contributed by atoms with Gasteiger partial charge in [0, 0.05) is 19.7 Å². The summed E-state index contributed by atoms with van der Waals surface area (Å²) in [6.45, 7) is 7.98. The lowest BCUT2D eigenvalue weighted by Crippen LogP contribution is -2.52. The van der Waals surface area contributed by atoms with E-state index in [4.69, 9.17) is 9.84 Å². The van der Waals surface area contributed by atoms with Gasteiger partial charge in [0.2, 0.25) is 0 Å². The quantitative estimate of drug-likeness (QED) is 0.776. The Balaban J connectivity index is 2.52. The summed E-state index contributed by atoms with van der Waals surface area (Å²) in [5.41, 5.74) is 0. The third kappa shape index (κ3) is 5.00. The van der Waals surface area contributed by atoms with Crippen molar-refractivity contribution in [2.45, 2.75) is 39.7 Å². The molecule has 1 aliphatic rings. The number of carbonyl (C=O) groups is 2. The second kappa shape index (κ2) is 8.09. The average Bonchev–Trinajstić information content (AvgIpc) is 2.42. The molecular formula is C14H26N2O4. The maximum atomic E-state index is 12.2. The van der Waals surface area contributed by atoms with Gasteiger partial charge in [-0.05, 0) is 25.7 Å². The van der Waals surface area contributed by atoms with Crippen LogP contribution in [0.4, 0.5) is 4.79 Å². The molecule has 0 aliphatic carbocycles. The standard InChI is InChI=1S/C14H26N2O4/c1-4-20-9-12(10(2)3)15-14(19)16-7-5-6-11(8-16)13(17)18/h10-12H,4-9H2,1-3H3,(H,15,19)(H,17,18)/t11-,12?/m1/s1. The molecule has 0 aromatic rings. The molecule has 1 fully saturated rings. The fourth-order valence-corrected chi connectivity index (χ4v) is 2.26. The van der Waals surface area contributed by atoms with Gasteiger partial charge < -0.3 is 20.1 Å². The molecule has 116 valence electrons. The number of aliphatic carboxylic acids is 1. The number of urea groups is 1. The first-order chi connectivity index (χ1) is 9.45. The summed E-state index contributed by atoms with van der Waals surface area (Å²) >= 11 is 0. The first-order valence-electron chi connectivity index (χ1n) is 7.31. The van der Waals surface area contributed by atoms with Crippen molar-refractivity contribution in [1.29, 1.82) is 0 Å². The molecule has 20 heavy (non-hydrogen) atoms. The molecule has 0 aromatic heterocycles. The molecule has 1 heterocycles. The van der Waals surface area contributed by atoms with Gasteiger partial charge in [0.1, 0.15) is 0 Å². The van der Waals surface area contributed by atoms with Crippen molar-refractivity contribution >= 4 is 12.0 Å². The molecule has 0 bridgehead atoms. The number of rotatable bonds is 6. The second-order valence-corrected chi connectivity index (χ2v) is 5.58. The number of carboxylic acids is 1. The molecular weight excluding hydrogens is 260 g/mol. The van der Waals surface area contributed by atoms with Crippen molar-refractivity contribution in [3.63, 3.8) is 0 Å². The number of hydrogen-bond donors (Lipinski definition) is 2. The highest BCUT2D eigenvalue weighted by molar-refractivity contribution is 5.76. The van der Waals surface area contributed by atoms with Gasteiger partial charge in [0.15, 0.2) is 0 Å². The van der Waals surface area contributed by atoms with E-state index >= 15 is 0 Å². The number of piperidine rings is 1. The van der Waals surface area contributed by atoms with Gasteiger partial charge in [-0.15, -0.1) is 0 Å². The number of carbonyl (C=O) groups excluding carboxylic acids is 1. The third-order valence-corrected chi connectivity index (χ3v) is 3.67. The summed E-state index contributed by atoms with van der Waals surface area (Å²) < 4.78 is 5.38. The van der Waals surface area contributed by atoms with Crippen molar-refractivity contribution in [3.8, 4) is 0 Å². The molecule has 2 atom stereocenters. The Morgan fingerprint density at radius 1 is 1.45 bits per heavy atom. The van der Waals surface area contributed by atoms with Crippen LogP contribution in [0.2, 0.25) is 0 Å². The molecule has 1 rings (SSSR count). The average molecular weight is 286 g/mol. The number of carboxylic acid groups (broad SMARTS) is 1. The molecule has 0 aromatic carbocycles. The van der Waals surface area contributed by atoms with Crippen LogP contribution in [0.3, 0.4) is 0 Å². The molecule has 1 saturated heterocycles. The SMILES string of the molecule is CCOCC(NC(=O)N1CCC[C@@H](C(=O)O)C1)C(C)C. The van der Waals surface area contributed by atoms with Crippen LogP contribution in [0.15, 0.2) is 0 Å². The first-order valence-corrected chi connectivity index (χ1v) is 7.31. The predicted octanol–water partition coefficient (Wildman–Crippen LogP) is 1.55. The Bertz CT molecular complexity index is 333. The molecule has 6 nitrogen and oxygen atoms in total. The number of ether oxygens (including phenoxy) is 1. The lowest BCUT2D eigenvalue weighted by molar-refractivity contribution is -0.143. The van der Waals surface area contributed by atoms with Crippen LogP contribution in [-0.2, 0) is 9.53 Å². The van der Waals surface area contributed by atoms with Crippen LogP contribution < -0.4 is 5.32 Å². The second-order valence-electron chi connectivity index (χ2n) is 5.58. The molecule has 0 spiro atoms. The maximum Gasteiger partial charge on any atom is 0.317 e. The Kier molecular flexibility index (Phi) is 6.78. The van der Waals surface area contributed by atoms with Gasteiger partial charge in [-0.2, -0.15) is 0 Å². The Morgan fingerprint density at radius 2 is 2.15 bits per heavy atom. The fourth-order valence-electron chi connectivity index (χ4n) is 2.26. The largest absolute Gasteiger partial charge is 0.481 e. The molecule has 2 amide bonds. The molecule has 1 unspecified atom stereocenters. The molecule has 1 aliphatic heterocycles. The zero-order chi connectivity index (χ0) is 15.1. The van der Waals surface area contributed by atoms with E-state index in [0.29, 0.717) is 32.7 Å². The number of amides is 2. The van der Waals surface area contributed by atoms with Crippen LogP contribution in [0.1, 0.15) is 33.6 Å². The molecule has 6 heteroatoms. The summed E-state index contributed by atoms with van der Waals surface area (Å²) in [5.74, 6) is -0.998. The van der Waals surface area contributed by atoms with Crippen molar-refractivity contribution in [3.05, 3.63) is 0 Å². The minimum absolute atomic E-state index is 0.0485. The van der Waals surface area contributed by atoms with Gasteiger partial charge in [-0.3, -0.25) is 4.79 Å². The van der Waals surface area contributed by atoms with Crippen molar-refractivity contribution in [1.82, 2.24) is 10.2 Å². The van der Waals surface area contributed by atoms with Crippen LogP contribution >= 0.6 is 0 Å². The van der Waals surface area contributed by atoms with Gasteiger partial charge in [0.05, 0.1) is 18.6 Å². The minimum Gasteiger partial charge on any atom is -0.481 e. The predicted molar refractivity (Wildman–Crippen MR) is 75.6 cm³/mol. The van der Waals surface area contributed by atoms with Crippen LogP contribution in [0, 0.1) is 11.8 Å². The van der Waals surface area contributed by atoms with Crippen LogP contribution in [-0.4, -0.2) is 54.4 Å². The zero-order valence-corrected chi connectivity index (χ0v) is 12.6. The van der Waals surface area contributed by atoms with E-state index in [1.165, 1.54) is 0 Å². The van der Waals surface area contributed by atoms with Crippen LogP contribution in [0.25, 0.3) is 0 Å². The molecule has 2 N–H and O–H groups in total. The summed E-state index contributed by atoms with van der Waals surface area (Å²) in [4.78, 5) is 24.8. The van der Waals surface area contributed by atoms with E-state index in [1.54, 1.807) is 4.90 Å². The monoisotopic (exact) mass is 286 g/mol. The lowest BCUT2D eigenvalue weighted by Gasteiger charge is -2.33. The van der Waals surface area contributed by atoms with Crippen LogP contribution in [0.5, 0.6) is 0 Å². The summed E-state index contributed by atoms with van der Waals surface area (Å²) in [6.07, 6.45) is 1.38. The Labute approximate surface area is 120 Å². The minimum atomic E-state index is -0.822. The van der Waals surface area contributed by atoms with Gasteiger partial charge in [0.25, 0.3) is 0 Å². The Hall–Kier alpha value is -1.30. The smallest absolute Gasteiger partial charge is 0.317 e. The number of likely N-dealkylation sites (tertiary alicyclic amines) is 1. The van der Waals surface area contributed by atoms with Gasteiger partial charge >= 0.3 is 12.0 Å². The van der Waals surface area contributed by atoms with E-state index in [-0.39, 0.29) is 18.0 Å². The topological polar surface area (TPSA) is 78.9 Å². The number of nitrogens with zero attached hydrogens (tertiary/aromatic N) is 1. The van der Waals surface area contributed by atoms with E-state index < -0.39 is 11.9 Å². The summed E-state index contributed by atoms with van der Waals surface area (Å²) in [5, 5.41) is 12.0. The molecule has 0 saturated carbocycles. The lowest BCUT2D eigenvalue weighted by atomic mass is 9.98. The van der Waals surface area contributed by atoms with E-state index in [9.17, 15) is 9.59 Å². The zero-order valence-electron chi connectivity index (χ0n) is 12.6. The first kappa shape index (κ1) is 16.8. The summed E-state index contributed by atoms with van der Waals surface area (Å²) in [6, 6.07) is -0.234. The highest BCUT2D eigenvalue weighted by atomic mass is 16.5. The third-order valence-electron chi connectivity index (χ3n) is 3.67. The normalized spacial score (nSPS) is 20.8. The van der Waals surface area contributed by atoms with Crippen molar-refractivity contribution < 1.29 is 19.4 Å². The maximum absolute atomic E-state index is 12.2. The highest BCUT2D eigenvalue weighted by Gasteiger charge is 2.29. The number of nitrogens with one attached hydrogen (secondary N) is 1. The highest BCUT2D eigenvalue weighted by Crippen LogP contribution is 2.17. The van der Waals surface area contributed by atoms with Gasteiger partial charge in [-0.25, -0.2) is 4.79 Å². The van der Waals surface area contributed by atoms with Crippen molar-refractivity contribution in [2.24, 2.45) is 11.8 Å². The molecule has 0 radical (unpaired) electrons. The van der Waals surface area contributed by atoms with Crippen molar-refractivity contribution in [2.75, 3.05) is 26.3 Å². The van der Waals surface area contributed by atoms with E-state index in [0.717, 1.165) is 6.42 Å². The van der Waals surface area contributed by atoms with E-state index in [2.05, 4.69) is 5.32 Å².